The average Bonchev–Trinajstić information content (AvgIpc) is 2.62. The molecule has 1 aliphatic heterocycles. The quantitative estimate of drug-likeness (QED) is 0.117. The molecule has 0 N–H and O–H groups in total. The molecule has 1 aliphatic rings. The molecule has 6 nitrogen and oxygen atoms in total. The van der Waals surface area contributed by atoms with Gasteiger partial charge in [0, 0.05) is 0 Å². The Morgan fingerprint density at radius 1 is 1.33 bits per heavy atom. The Labute approximate surface area is 191 Å². The number of carbonyl (C=O) groups is 1. The Kier molecular flexibility index (Phi) is 14.3. The van der Waals surface area contributed by atoms with Crippen LogP contribution in [0.2, 0.25) is 19.6 Å². The Morgan fingerprint density at radius 2 is 1.97 bits per heavy atom. The number of hydrogen-bond donors (Lipinski definition) is 0. The van der Waals surface area contributed by atoms with E-state index in [1.807, 2.05) is 6.92 Å². The van der Waals surface area contributed by atoms with Crippen molar-refractivity contribution >= 4 is 49.2 Å². The van der Waals surface area contributed by atoms with Gasteiger partial charge in [-0.05, 0) is 26.6 Å². The second kappa shape index (κ2) is 15.2. The van der Waals surface area contributed by atoms with Crippen molar-refractivity contribution in [1.82, 2.24) is 0 Å². The summed E-state index contributed by atoms with van der Waals surface area (Å²) in [5, 5.41) is 0. The van der Waals surface area contributed by atoms with Gasteiger partial charge in [-0.25, -0.2) is 0 Å². The van der Waals surface area contributed by atoms with Crippen LogP contribution in [0.1, 0.15) is 45.4 Å². The second-order valence-electron chi connectivity index (χ2n) is 8.52. The fourth-order valence-electron chi connectivity index (χ4n) is 3.57. The van der Waals surface area contributed by atoms with Gasteiger partial charge in [-0.3, -0.25) is 4.79 Å². The van der Waals surface area contributed by atoms with E-state index in [2.05, 4.69) is 35.7 Å². The van der Waals surface area contributed by atoms with E-state index in [1.165, 1.54) is 5.57 Å². The van der Waals surface area contributed by atoms with Gasteiger partial charge in [0.25, 0.3) is 0 Å². The number of hydrogen-bond acceptors (Lipinski definition) is 7. The molecular weight excluding hydrogens is 457 g/mol. The van der Waals surface area contributed by atoms with Gasteiger partial charge in [-0.1, -0.05) is 0 Å². The SMILES string of the molecule is C=C1C[C@H](C[C@H](CC(=O)OCC)O[Si](C)(C)C)O[C@H](C[C@H](CCOB=[PH]=S)OP)C1. The molecule has 0 aromatic heterocycles. The van der Waals surface area contributed by atoms with E-state index in [-0.39, 0.29) is 43.7 Å². The van der Waals surface area contributed by atoms with E-state index in [0.717, 1.165) is 25.7 Å². The first-order valence-electron chi connectivity index (χ1n) is 10.5. The molecule has 0 radical (unpaired) electrons. The van der Waals surface area contributed by atoms with E-state index in [1.54, 1.807) is 6.82 Å². The van der Waals surface area contributed by atoms with Gasteiger partial charge in [0.05, 0.1) is 6.61 Å². The Hall–Kier alpha value is 0.282. The Bertz CT molecular complexity index is 600. The summed E-state index contributed by atoms with van der Waals surface area (Å²) in [5.41, 5.74) is 1.17. The first kappa shape index (κ1) is 28.3. The van der Waals surface area contributed by atoms with Crippen molar-refractivity contribution in [1.29, 1.82) is 0 Å². The standard InChI is InChI=1S/C19H37BO6P2SSi/c1-6-22-19(21)13-18(26-30(3,4)5)12-17-10-14(2)9-16(24-17)11-15(25-27)7-8-23-20-28-29/h15-18,28H,2,6-13,27H2,1,3-5H3/t15-,16-,17+,18+/m0/s1. The predicted molar refractivity (Wildman–Crippen MR) is 132 cm³/mol. The van der Waals surface area contributed by atoms with Crippen LogP contribution in [0.4, 0.5) is 0 Å². The molecule has 30 heavy (non-hydrogen) atoms. The van der Waals surface area contributed by atoms with Crippen LogP contribution in [0.3, 0.4) is 0 Å². The molecule has 6 atom stereocenters. The van der Waals surface area contributed by atoms with Crippen LogP contribution in [-0.4, -0.2) is 58.7 Å². The topological polar surface area (TPSA) is 63.2 Å². The number of carbonyl (C=O) groups excluding carboxylic acids is 1. The summed E-state index contributed by atoms with van der Waals surface area (Å²) in [4.78, 5) is 12.1. The second-order valence-corrected chi connectivity index (χ2v) is 14.4. The monoisotopic (exact) mass is 494 g/mol. The van der Waals surface area contributed by atoms with E-state index < -0.39 is 8.32 Å². The van der Waals surface area contributed by atoms with E-state index >= 15 is 0 Å². The summed E-state index contributed by atoms with van der Waals surface area (Å²) in [7, 11) is 0.530. The van der Waals surface area contributed by atoms with Crippen molar-refractivity contribution in [2.45, 2.75) is 89.5 Å². The molecule has 0 aliphatic carbocycles. The molecule has 11 heteroatoms. The molecule has 0 bridgehead atoms. The molecule has 1 rings (SSSR count). The minimum atomic E-state index is -1.81. The molecule has 0 spiro atoms. The van der Waals surface area contributed by atoms with E-state index in [4.69, 9.17) is 34.9 Å². The van der Waals surface area contributed by atoms with Crippen molar-refractivity contribution in [3.63, 3.8) is 0 Å². The summed E-state index contributed by atoms with van der Waals surface area (Å²) in [6.07, 6.45) is 3.86. The van der Waals surface area contributed by atoms with Gasteiger partial charge in [-0.15, -0.1) is 0 Å². The summed E-state index contributed by atoms with van der Waals surface area (Å²) in [6, 6.07) is 0. The van der Waals surface area contributed by atoms with Crippen molar-refractivity contribution < 1.29 is 27.9 Å². The van der Waals surface area contributed by atoms with Gasteiger partial charge >= 0.3 is 149 Å². The first-order chi connectivity index (χ1) is 14.2. The molecule has 1 fully saturated rings. The molecule has 0 aromatic rings. The van der Waals surface area contributed by atoms with E-state index in [9.17, 15) is 4.79 Å². The van der Waals surface area contributed by atoms with Crippen LogP contribution in [0.15, 0.2) is 12.2 Å². The van der Waals surface area contributed by atoms with Gasteiger partial charge in [0.2, 0.25) is 0 Å². The van der Waals surface area contributed by atoms with Gasteiger partial charge in [0.15, 0.2) is 0 Å². The molecule has 1 heterocycles. The summed E-state index contributed by atoms with van der Waals surface area (Å²) in [5.74, 6) is -0.222. The Balaban J connectivity index is 2.68. The average molecular weight is 494 g/mol. The third-order valence-electron chi connectivity index (χ3n) is 4.57. The van der Waals surface area contributed by atoms with Crippen molar-refractivity contribution in [3.8, 4) is 0 Å². The third kappa shape index (κ3) is 13.0. The van der Waals surface area contributed by atoms with Crippen molar-refractivity contribution in [3.05, 3.63) is 12.2 Å². The maximum absolute atomic E-state index is 12.1. The van der Waals surface area contributed by atoms with Crippen molar-refractivity contribution in [2.24, 2.45) is 0 Å². The zero-order chi connectivity index (χ0) is 22.6. The summed E-state index contributed by atoms with van der Waals surface area (Å²) in [6.45, 7) is 15.3. The summed E-state index contributed by atoms with van der Waals surface area (Å²) >= 11 is 4.87. The van der Waals surface area contributed by atoms with Crippen LogP contribution < -0.4 is 0 Å². The maximum atomic E-state index is 12.1. The Morgan fingerprint density at radius 3 is 2.50 bits per heavy atom. The molecule has 0 saturated carbocycles. The summed E-state index contributed by atoms with van der Waals surface area (Å²) < 4.78 is 28.7. The number of rotatable bonds is 14. The van der Waals surface area contributed by atoms with Crippen LogP contribution in [0, 0.1) is 0 Å². The van der Waals surface area contributed by atoms with Gasteiger partial charge in [0.1, 0.15) is 0 Å². The molecule has 0 amide bonds. The third-order valence-corrected chi connectivity index (χ3v) is 6.55. The zero-order valence-electron chi connectivity index (χ0n) is 18.7. The minimum absolute atomic E-state index is 0.0157. The van der Waals surface area contributed by atoms with Crippen LogP contribution >= 0.6 is 16.3 Å². The van der Waals surface area contributed by atoms with Gasteiger partial charge in [-0.2, -0.15) is 0 Å². The number of ether oxygens (including phenoxy) is 2. The zero-order valence-corrected chi connectivity index (χ0v) is 22.7. The molecule has 0 aromatic carbocycles. The molecule has 172 valence electrons. The molecule has 2 unspecified atom stereocenters. The predicted octanol–water partition coefficient (Wildman–Crippen LogP) is 4.30. The molecule has 1 saturated heterocycles. The fourth-order valence-corrected chi connectivity index (χ4v) is 5.39. The van der Waals surface area contributed by atoms with Crippen LogP contribution in [-0.2, 0) is 39.7 Å². The van der Waals surface area contributed by atoms with E-state index in [0.29, 0.717) is 19.6 Å². The van der Waals surface area contributed by atoms with Crippen LogP contribution in [0.5, 0.6) is 0 Å². The fraction of sp³-hybridized carbons (Fsp3) is 0.842. The number of esters is 1. The van der Waals surface area contributed by atoms with Crippen molar-refractivity contribution in [2.75, 3.05) is 13.2 Å². The molecular formula is C19H37BO6P2SSi. The first-order valence-corrected chi connectivity index (χ1v) is 16.6. The van der Waals surface area contributed by atoms with Crippen LogP contribution in [0.25, 0.3) is 0 Å². The van der Waals surface area contributed by atoms with Gasteiger partial charge < -0.3 is 4.74 Å². The normalized spacial score (nSPS) is 21.8.